The molecule has 3 saturated heterocycles. The van der Waals surface area contributed by atoms with Gasteiger partial charge in [-0.05, 0) is 44.4 Å². The number of fused-ring (bicyclic) bond motifs is 1. The van der Waals surface area contributed by atoms with Crippen LogP contribution in [-0.4, -0.2) is 80.5 Å². The minimum atomic E-state index is -1.79. The van der Waals surface area contributed by atoms with Gasteiger partial charge in [-0.25, -0.2) is 14.5 Å². The van der Waals surface area contributed by atoms with E-state index in [1.54, 1.807) is 16.6 Å². The van der Waals surface area contributed by atoms with Crippen molar-refractivity contribution in [3.63, 3.8) is 0 Å². The topological polar surface area (TPSA) is 136 Å². The van der Waals surface area contributed by atoms with Gasteiger partial charge in [-0.2, -0.15) is 5.10 Å². The number of aliphatic hydroxyl groups is 2. The predicted octanol–water partition coefficient (Wildman–Crippen LogP) is 0.232. The normalized spacial score (nSPS) is 23.8. The molecule has 0 spiro atoms. The van der Waals surface area contributed by atoms with E-state index in [1.807, 2.05) is 12.1 Å². The summed E-state index contributed by atoms with van der Waals surface area (Å²) in [6.45, 7) is 3.02. The van der Waals surface area contributed by atoms with Gasteiger partial charge in [0.25, 0.3) is 0 Å². The number of imide groups is 1. The number of nitrogens with one attached hydrogen (secondary N) is 2. The summed E-state index contributed by atoms with van der Waals surface area (Å²) in [5.74, 6) is -1.55. The number of aryl methyl sites for hydroxylation is 1. The number of aromatic nitrogens is 3. The molecule has 2 aromatic rings. The van der Waals surface area contributed by atoms with E-state index >= 15 is 0 Å². The number of amides is 3. The molecule has 1 atom stereocenters. The quantitative estimate of drug-likeness (QED) is 0.479. The zero-order valence-corrected chi connectivity index (χ0v) is 18.8. The van der Waals surface area contributed by atoms with Crippen molar-refractivity contribution in [1.82, 2.24) is 30.3 Å². The largest absolute Gasteiger partial charge is 0.353 e. The van der Waals surface area contributed by atoms with Gasteiger partial charge >= 0.3 is 6.03 Å². The van der Waals surface area contributed by atoms with Crippen LogP contribution in [0.1, 0.15) is 43.7 Å². The molecule has 3 fully saturated rings. The molecule has 5 rings (SSSR count). The van der Waals surface area contributed by atoms with Crippen molar-refractivity contribution >= 4 is 28.8 Å². The van der Waals surface area contributed by atoms with Gasteiger partial charge in [0.1, 0.15) is 0 Å². The Morgan fingerprint density at radius 1 is 1.12 bits per heavy atom. The standard InChI is InChI=1S/C22H31N7O4/c1-27-19-16(20(26-27)29-12-8-18(30)25-21(29)31)4-5-17(24-19)14-6-10-28(11-7-14)22(32,33)15-3-2-9-23-13-15/h4-5,14-15,23,32-33H,2-3,6-13H2,1H3,(H,25,30,31). The highest BCUT2D eigenvalue weighted by Gasteiger charge is 2.42. The minimum absolute atomic E-state index is 0.188. The van der Waals surface area contributed by atoms with Crippen LogP contribution in [0, 0.1) is 5.92 Å². The van der Waals surface area contributed by atoms with Gasteiger partial charge < -0.3 is 15.5 Å². The summed E-state index contributed by atoms with van der Waals surface area (Å²) in [7, 11) is 1.79. The third kappa shape index (κ3) is 4.10. The smallest absolute Gasteiger partial charge is 0.329 e. The fourth-order valence-electron chi connectivity index (χ4n) is 5.27. The summed E-state index contributed by atoms with van der Waals surface area (Å²) in [5, 5.41) is 32.5. The van der Waals surface area contributed by atoms with Gasteiger partial charge in [-0.1, -0.05) is 0 Å². The third-order valence-corrected chi connectivity index (χ3v) is 7.22. The molecule has 0 bridgehead atoms. The maximum absolute atomic E-state index is 12.3. The zero-order valence-electron chi connectivity index (χ0n) is 18.8. The second kappa shape index (κ2) is 8.64. The Hall–Kier alpha value is -2.60. The molecule has 4 N–H and O–H groups in total. The van der Waals surface area contributed by atoms with E-state index < -0.39 is 11.9 Å². The fourth-order valence-corrected chi connectivity index (χ4v) is 5.27. The number of carbonyl (C=O) groups is 2. The van der Waals surface area contributed by atoms with Crippen molar-refractivity contribution in [3.05, 3.63) is 17.8 Å². The Morgan fingerprint density at radius 2 is 1.91 bits per heavy atom. The first kappa shape index (κ1) is 22.2. The molecule has 0 saturated carbocycles. The molecule has 11 nitrogen and oxygen atoms in total. The summed E-state index contributed by atoms with van der Waals surface area (Å²) in [6, 6.07) is 3.44. The van der Waals surface area contributed by atoms with E-state index in [2.05, 4.69) is 15.7 Å². The van der Waals surface area contributed by atoms with Crippen LogP contribution in [-0.2, 0) is 11.8 Å². The van der Waals surface area contributed by atoms with Crippen molar-refractivity contribution < 1.29 is 19.8 Å². The molecule has 3 amide bonds. The lowest BCUT2D eigenvalue weighted by atomic mass is 9.89. The Bertz CT molecular complexity index is 1050. The number of hydrogen-bond acceptors (Lipinski definition) is 8. The van der Waals surface area contributed by atoms with Gasteiger partial charge in [0.2, 0.25) is 11.8 Å². The van der Waals surface area contributed by atoms with Gasteiger partial charge in [0, 0.05) is 57.2 Å². The number of hydrogen-bond donors (Lipinski definition) is 4. The molecular weight excluding hydrogens is 426 g/mol. The number of carbonyl (C=O) groups excluding carboxylic acids is 2. The Morgan fingerprint density at radius 3 is 2.61 bits per heavy atom. The second-order valence-corrected chi connectivity index (χ2v) is 9.30. The lowest BCUT2D eigenvalue weighted by molar-refractivity contribution is -0.301. The molecular formula is C22H31N7O4. The van der Waals surface area contributed by atoms with Gasteiger partial charge in [-0.3, -0.25) is 19.9 Å². The van der Waals surface area contributed by atoms with Crippen LogP contribution in [0.4, 0.5) is 10.6 Å². The van der Waals surface area contributed by atoms with Crippen molar-refractivity contribution in [3.8, 4) is 0 Å². The van der Waals surface area contributed by atoms with Crippen LogP contribution < -0.4 is 15.5 Å². The van der Waals surface area contributed by atoms with E-state index in [9.17, 15) is 19.8 Å². The van der Waals surface area contributed by atoms with E-state index in [1.165, 1.54) is 4.90 Å². The number of rotatable bonds is 4. The number of urea groups is 1. The van der Waals surface area contributed by atoms with Crippen molar-refractivity contribution in [2.24, 2.45) is 13.0 Å². The van der Waals surface area contributed by atoms with Crippen molar-refractivity contribution in [2.45, 2.75) is 43.9 Å². The first-order chi connectivity index (χ1) is 15.8. The van der Waals surface area contributed by atoms with E-state index in [4.69, 9.17) is 4.98 Å². The minimum Gasteiger partial charge on any atom is -0.353 e. The summed E-state index contributed by atoms with van der Waals surface area (Å²) < 4.78 is 1.66. The third-order valence-electron chi connectivity index (χ3n) is 7.22. The second-order valence-electron chi connectivity index (χ2n) is 9.30. The van der Waals surface area contributed by atoms with Crippen molar-refractivity contribution in [2.75, 3.05) is 37.6 Å². The Balaban J connectivity index is 1.31. The first-order valence-corrected chi connectivity index (χ1v) is 11.7. The SMILES string of the molecule is Cn1nc(N2CCC(=O)NC2=O)c2ccc(C3CCN(C(O)(O)C4CCCNC4)CC3)nc21. The average Bonchev–Trinajstić information content (AvgIpc) is 3.15. The van der Waals surface area contributed by atoms with Gasteiger partial charge in [-0.15, -0.1) is 0 Å². The van der Waals surface area contributed by atoms with Crippen LogP contribution in [0.15, 0.2) is 12.1 Å². The van der Waals surface area contributed by atoms with E-state index in [0.29, 0.717) is 31.1 Å². The molecule has 178 valence electrons. The molecule has 3 aliphatic rings. The summed E-state index contributed by atoms with van der Waals surface area (Å²) in [6.07, 6.45) is 3.56. The zero-order chi connectivity index (χ0) is 23.2. The molecule has 33 heavy (non-hydrogen) atoms. The number of anilines is 1. The molecule has 11 heteroatoms. The molecule has 0 aromatic carbocycles. The molecule has 0 aliphatic carbocycles. The van der Waals surface area contributed by atoms with Crippen LogP contribution in [0.25, 0.3) is 11.0 Å². The van der Waals surface area contributed by atoms with Crippen LogP contribution in [0.2, 0.25) is 0 Å². The van der Waals surface area contributed by atoms with Crippen LogP contribution >= 0.6 is 0 Å². The maximum atomic E-state index is 12.3. The maximum Gasteiger partial charge on any atom is 0.329 e. The Kier molecular flexibility index (Phi) is 5.81. The average molecular weight is 458 g/mol. The molecule has 0 radical (unpaired) electrons. The summed E-state index contributed by atoms with van der Waals surface area (Å²) in [4.78, 5) is 31.9. The van der Waals surface area contributed by atoms with Crippen LogP contribution in [0.3, 0.4) is 0 Å². The summed E-state index contributed by atoms with van der Waals surface area (Å²) >= 11 is 0. The van der Waals surface area contributed by atoms with E-state index in [0.717, 1.165) is 43.3 Å². The number of likely N-dealkylation sites (tertiary alicyclic amines) is 1. The highest BCUT2D eigenvalue weighted by atomic mass is 16.5. The monoisotopic (exact) mass is 457 g/mol. The van der Waals surface area contributed by atoms with Crippen molar-refractivity contribution in [1.29, 1.82) is 0 Å². The van der Waals surface area contributed by atoms with Crippen LogP contribution in [0.5, 0.6) is 0 Å². The number of nitrogens with zero attached hydrogens (tertiary/aromatic N) is 5. The first-order valence-electron chi connectivity index (χ1n) is 11.7. The summed E-state index contributed by atoms with van der Waals surface area (Å²) in [5.41, 5.74) is 1.62. The molecule has 2 aromatic heterocycles. The van der Waals surface area contributed by atoms with Gasteiger partial charge in [0.15, 0.2) is 11.5 Å². The van der Waals surface area contributed by atoms with E-state index in [-0.39, 0.29) is 30.7 Å². The number of pyridine rings is 1. The lowest BCUT2D eigenvalue weighted by Crippen LogP contribution is -2.59. The molecule has 5 heterocycles. The number of piperidine rings is 2. The lowest BCUT2D eigenvalue weighted by Gasteiger charge is -2.45. The van der Waals surface area contributed by atoms with Gasteiger partial charge in [0.05, 0.1) is 5.39 Å². The molecule has 1 unspecified atom stereocenters. The highest BCUT2D eigenvalue weighted by molar-refractivity contribution is 6.08. The predicted molar refractivity (Wildman–Crippen MR) is 120 cm³/mol. The highest BCUT2D eigenvalue weighted by Crippen LogP contribution is 2.35. The fraction of sp³-hybridized carbons (Fsp3) is 0.636. The molecule has 3 aliphatic heterocycles. The Labute approximate surface area is 191 Å².